The Kier molecular flexibility index (Phi) is 5.59. The minimum absolute atomic E-state index is 0.0681. The van der Waals surface area contributed by atoms with E-state index >= 15 is 0 Å². The zero-order chi connectivity index (χ0) is 15.2. The summed E-state index contributed by atoms with van der Waals surface area (Å²) < 4.78 is 5.20. The summed E-state index contributed by atoms with van der Waals surface area (Å²) in [6.45, 7) is 1.41. The van der Waals surface area contributed by atoms with Crippen molar-refractivity contribution >= 4 is 5.91 Å². The highest BCUT2D eigenvalue weighted by Crippen LogP contribution is 2.29. The number of amides is 1. The fourth-order valence-electron chi connectivity index (χ4n) is 3.06. The van der Waals surface area contributed by atoms with E-state index in [9.17, 15) is 4.79 Å². The van der Waals surface area contributed by atoms with Crippen LogP contribution in [0.1, 0.15) is 30.9 Å². The van der Waals surface area contributed by atoms with Gasteiger partial charge in [0.15, 0.2) is 0 Å². The van der Waals surface area contributed by atoms with Crippen molar-refractivity contribution in [1.82, 2.24) is 10.2 Å². The van der Waals surface area contributed by atoms with E-state index in [1.165, 1.54) is 0 Å². The topological polar surface area (TPSA) is 67.6 Å². The van der Waals surface area contributed by atoms with Crippen LogP contribution in [-0.2, 0) is 4.79 Å². The Morgan fingerprint density at radius 2 is 2.14 bits per heavy atom. The van der Waals surface area contributed by atoms with Crippen LogP contribution in [0.15, 0.2) is 24.3 Å². The van der Waals surface area contributed by atoms with Gasteiger partial charge in [-0.3, -0.25) is 9.69 Å². The van der Waals surface area contributed by atoms with Gasteiger partial charge in [0.1, 0.15) is 5.75 Å². The van der Waals surface area contributed by atoms with E-state index in [1.807, 2.05) is 24.3 Å². The lowest BCUT2D eigenvalue weighted by atomic mass is 9.95. The maximum absolute atomic E-state index is 12.1. The highest BCUT2D eigenvalue weighted by molar-refractivity contribution is 5.81. The lowest BCUT2D eigenvalue weighted by Gasteiger charge is -2.40. The number of nitrogens with one attached hydrogen (secondary N) is 1. The van der Waals surface area contributed by atoms with Crippen molar-refractivity contribution in [3.8, 4) is 5.75 Å². The molecule has 5 heteroatoms. The van der Waals surface area contributed by atoms with Crippen LogP contribution >= 0.6 is 0 Å². The predicted octanol–water partition coefficient (Wildman–Crippen LogP) is 1.30. The second-order valence-corrected chi connectivity index (χ2v) is 5.39. The first-order valence-corrected chi connectivity index (χ1v) is 7.52. The molecule has 1 saturated heterocycles. The van der Waals surface area contributed by atoms with E-state index in [1.54, 1.807) is 14.2 Å². The lowest BCUT2D eigenvalue weighted by molar-refractivity contribution is -0.128. The van der Waals surface area contributed by atoms with Gasteiger partial charge in [-0.1, -0.05) is 18.6 Å². The van der Waals surface area contributed by atoms with Gasteiger partial charge in [0.2, 0.25) is 5.91 Å². The Balaban J connectivity index is 2.22. The molecule has 0 spiro atoms. The third-order valence-corrected chi connectivity index (χ3v) is 4.22. The molecule has 1 aromatic carbocycles. The van der Waals surface area contributed by atoms with Gasteiger partial charge < -0.3 is 15.8 Å². The average molecular weight is 291 g/mol. The summed E-state index contributed by atoms with van der Waals surface area (Å²) in [6.07, 6.45) is 3.10. The Morgan fingerprint density at radius 3 is 2.71 bits per heavy atom. The highest BCUT2D eigenvalue weighted by atomic mass is 16.5. The zero-order valence-electron chi connectivity index (χ0n) is 12.8. The summed E-state index contributed by atoms with van der Waals surface area (Å²) in [6, 6.07) is 7.93. The Labute approximate surface area is 126 Å². The molecule has 1 fully saturated rings. The van der Waals surface area contributed by atoms with E-state index < -0.39 is 0 Å². The molecule has 116 valence electrons. The Bertz CT molecular complexity index is 461. The fraction of sp³-hybridized carbons (Fsp3) is 0.562. The van der Waals surface area contributed by atoms with Crippen molar-refractivity contribution in [2.75, 3.05) is 27.2 Å². The standard InChI is InChI=1S/C16H25N3O2/c1-18-16(20)14-5-3-4-10-19(14)15(11-17)12-6-8-13(21-2)9-7-12/h6-9,14-15H,3-5,10-11,17H2,1-2H3,(H,18,20). The van der Waals surface area contributed by atoms with Gasteiger partial charge in [-0.25, -0.2) is 0 Å². The number of carbonyl (C=O) groups is 1. The SMILES string of the molecule is CNC(=O)C1CCCCN1C(CN)c1ccc(OC)cc1. The molecule has 1 amide bonds. The molecule has 0 bridgehead atoms. The molecular formula is C16H25N3O2. The van der Waals surface area contributed by atoms with E-state index in [2.05, 4.69) is 10.2 Å². The summed E-state index contributed by atoms with van der Waals surface area (Å²) >= 11 is 0. The quantitative estimate of drug-likeness (QED) is 0.858. The molecule has 1 aliphatic rings. The second kappa shape index (κ2) is 7.43. The molecule has 1 heterocycles. The third kappa shape index (κ3) is 3.54. The van der Waals surface area contributed by atoms with Crippen LogP contribution in [0.25, 0.3) is 0 Å². The van der Waals surface area contributed by atoms with Crippen LogP contribution in [0.2, 0.25) is 0 Å². The molecule has 1 aliphatic heterocycles. The first-order valence-electron chi connectivity index (χ1n) is 7.52. The maximum Gasteiger partial charge on any atom is 0.237 e. The summed E-state index contributed by atoms with van der Waals surface area (Å²) in [5.41, 5.74) is 7.14. The number of nitrogens with zero attached hydrogens (tertiary/aromatic N) is 1. The first kappa shape index (κ1) is 15.8. The van der Waals surface area contributed by atoms with Crippen LogP contribution < -0.4 is 15.8 Å². The van der Waals surface area contributed by atoms with Crippen molar-refractivity contribution in [1.29, 1.82) is 0 Å². The molecular weight excluding hydrogens is 266 g/mol. The largest absolute Gasteiger partial charge is 0.497 e. The summed E-state index contributed by atoms with van der Waals surface area (Å²) in [5.74, 6) is 0.915. The molecule has 0 saturated carbocycles. The van der Waals surface area contributed by atoms with Crippen LogP contribution in [0.3, 0.4) is 0 Å². The van der Waals surface area contributed by atoms with Crippen LogP contribution in [-0.4, -0.2) is 44.1 Å². The Hall–Kier alpha value is -1.59. The number of piperidine rings is 1. The number of hydrogen-bond acceptors (Lipinski definition) is 4. The van der Waals surface area contributed by atoms with Crippen molar-refractivity contribution in [3.05, 3.63) is 29.8 Å². The number of rotatable bonds is 5. The predicted molar refractivity (Wildman–Crippen MR) is 83.2 cm³/mol. The molecule has 2 rings (SSSR count). The molecule has 5 nitrogen and oxygen atoms in total. The molecule has 0 aliphatic carbocycles. The number of carbonyl (C=O) groups excluding carboxylic acids is 1. The number of likely N-dealkylation sites (tertiary alicyclic amines) is 1. The molecule has 21 heavy (non-hydrogen) atoms. The van der Waals surface area contributed by atoms with E-state index in [-0.39, 0.29) is 18.0 Å². The highest BCUT2D eigenvalue weighted by Gasteiger charge is 2.33. The molecule has 0 radical (unpaired) electrons. The number of hydrogen-bond donors (Lipinski definition) is 2. The number of likely N-dealkylation sites (N-methyl/N-ethyl adjacent to an activating group) is 1. The van der Waals surface area contributed by atoms with E-state index in [0.29, 0.717) is 6.54 Å². The van der Waals surface area contributed by atoms with Crippen LogP contribution in [0.4, 0.5) is 0 Å². The van der Waals surface area contributed by atoms with Gasteiger partial charge in [-0.15, -0.1) is 0 Å². The summed E-state index contributed by atoms with van der Waals surface area (Å²) in [7, 11) is 3.35. The smallest absolute Gasteiger partial charge is 0.237 e. The van der Waals surface area contributed by atoms with Crippen molar-refractivity contribution < 1.29 is 9.53 Å². The van der Waals surface area contributed by atoms with Crippen molar-refractivity contribution in [2.45, 2.75) is 31.3 Å². The van der Waals surface area contributed by atoms with E-state index in [0.717, 1.165) is 37.1 Å². The second-order valence-electron chi connectivity index (χ2n) is 5.39. The zero-order valence-corrected chi connectivity index (χ0v) is 12.8. The number of methoxy groups -OCH3 is 1. The molecule has 0 aromatic heterocycles. The summed E-state index contributed by atoms with van der Waals surface area (Å²) in [4.78, 5) is 14.4. The number of benzene rings is 1. The van der Waals surface area contributed by atoms with Gasteiger partial charge in [0.05, 0.1) is 13.2 Å². The minimum Gasteiger partial charge on any atom is -0.497 e. The van der Waals surface area contributed by atoms with Crippen molar-refractivity contribution in [3.63, 3.8) is 0 Å². The van der Waals surface area contributed by atoms with Gasteiger partial charge in [-0.05, 0) is 37.1 Å². The van der Waals surface area contributed by atoms with Gasteiger partial charge in [0, 0.05) is 19.6 Å². The average Bonchev–Trinajstić information content (AvgIpc) is 2.56. The van der Waals surface area contributed by atoms with Crippen LogP contribution in [0, 0.1) is 0 Å². The van der Waals surface area contributed by atoms with E-state index in [4.69, 9.17) is 10.5 Å². The third-order valence-electron chi connectivity index (χ3n) is 4.22. The molecule has 2 atom stereocenters. The van der Waals surface area contributed by atoms with Crippen LogP contribution in [0.5, 0.6) is 5.75 Å². The number of ether oxygens (including phenoxy) is 1. The number of nitrogens with two attached hydrogens (primary N) is 1. The molecule has 3 N–H and O–H groups in total. The van der Waals surface area contributed by atoms with Crippen molar-refractivity contribution in [2.24, 2.45) is 5.73 Å². The Morgan fingerprint density at radius 1 is 1.43 bits per heavy atom. The molecule has 2 unspecified atom stereocenters. The lowest BCUT2D eigenvalue weighted by Crippen LogP contribution is -2.51. The fourth-order valence-corrected chi connectivity index (χ4v) is 3.06. The monoisotopic (exact) mass is 291 g/mol. The molecule has 1 aromatic rings. The first-order chi connectivity index (χ1) is 10.2. The van der Waals surface area contributed by atoms with Gasteiger partial charge in [0.25, 0.3) is 0 Å². The van der Waals surface area contributed by atoms with Gasteiger partial charge in [-0.2, -0.15) is 0 Å². The summed E-state index contributed by atoms with van der Waals surface area (Å²) in [5, 5.41) is 2.77. The minimum atomic E-state index is -0.0839. The maximum atomic E-state index is 12.1. The van der Waals surface area contributed by atoms with Gasteiger partial charge >= 0.3 is 0 Å². The normalized spacial score (nSPS) is 20.8.